The normalized spacial score (nSPS) is 10.3. The predicted octanol–water partition coefficient (Wildman–Crippen LogP) is 4.24. The average molecular weight is 399 g/mol. The lowest BCUT2D eigenvalue weighted by Gasteiger charge is -2.11. The fourth-order valence-corrected chi connectivity index (χ4v) is 2.59. The molecule has 0 radical (unpaired) electrons. The number of amides is 1. The van der Waals surface area contributed by atoms with E-state index in [1.165, 1.54) is 6.07 Å². The Kier molecular flexibility index (Phi) is 6.23. The van der Waals surface area contributed by atoms with E-state index in [2.05, 4.69) is 15.6 Å². The van der Waals surface area contributed by atoms with Crippen LogP contribution in [0.15, 0.2) is 54.7 Å². The number of methoxy groups -OCH3 is 2. The van der Waals surface area contributed by atoms with E-state index in [9.17, 15) is 13.6 Å². The third-order valence-electron chi connectivity index (χ3n) is 4.13. The van der Waals surface area contributed by atoms with Crippen molar-refractivity contribution in [3.63, 3.8) is 0 Å². The van der Waals surface area contributed by atoms with E-state index in [1.807, 2.05) is 18.2 Å². The van der Waals surface area contributed by atoms with Crippen LogP contribution in [0.25, 0.3) is 0 Å². The first-order valence-electron chi connectivity index (χ1n) is 8.67. The van der Waals surface area contributed by atoms with Crippen LogP contribution in [0.2, 0.25) is 0 Å². The zero-order valence-corrected chi connectivity index (χ0v) is 15.8. The first-order chi connectivity index (χ1) is 14.0. The van der Waals surface area contributed by atoms with Gasteiger partial charge in [0.2, 0.25) is 0 Å². The zero-order chi connectivity index (χ0) is 20.8. The van der Waals surface area contributed by atoms with Gasteiger partial charge in [-0.1, -0.05) is 6.07 Å². The second kappa shape index (κ2) is 9.01. The van der Waals surface area contributed by atoms with Crippen molar-refractivity contribution < 1.29 is 23.0 Å². The molecule has 0 saturated carbocycles. The zero-order valence-electron chi connectivity index (χ0n) is 15.8. The van der Waals surface area contributed by atoms with Crippen LogP contribution in [0.5, 0.6) is 11.5 Å². The topological polar surface area (TPSA) is 72.5 Å². The number of nitrogens with zero attached hydrogens (tertiary/aromatic N) is 1. The van der Waals surface area contributed by atoms with Gasteiger partial charge in [-0.05, 0) is 48.0 Å². The van der Waals surface area contributed by atoms with Crippen LogP contribution in [-0.4, -0.2) is 25.1 Å². The van der Waals surface area contributed by atoms with Gasteiger partial charge in [0.1, 0.15) is 5.82 Å². The van der Waals surface area contributed by atoms with Crippen molar-refractivity contribution in [2.45, 2.75) is 6.54 Å². The molecule has 150 valence electrons. The van der Waals surface area contributed by atoms with Gasteiger partial charge >= 0.3 is 0 Å². The average Bonchev–Trinajstić information content (AvgIpc) is 2.74. The first kappa shape index (κ1) is 20.1. The van der Waals surface area contributed by atoms with Gasteiger partial charge in [0.25, 0.3) is 5.91 Å². The van der Waals surface area contributed by atoms with Gasteiger partial charge in [0.05, 0.1) is 26.1 Å². The Bertz CT molecular complexity index is 1010. The molecule has 0 aliphatic rings. The molecule has 0 saturated heterocycles. The summed E-state index contributed by atoms with van der Waals surface area (Å²) in [5.41, 5.74) is 1.73. The molecule has 8 heteroatoms. The van der Waals surface area contributed by atoms with Crippen molar-refractivity contribution in [3.8, 4) is 11.5 Å². The van der Waals surface area contributed by atoms with Crippen LogP contribution in [0.3, 0.4) is 0 Å². The minimum atomic E-state index is -1.08. The van der Waals surface area contributed by atoms with Crippen molar-refractivity contribution in [3.05, 3.63) is 77.5 Å². The largest absolute Gasteiger partial charge is 0.493 e. The smallest absolute Gasteiger partial charge is 0.256 e. The fraction of sp³-hybridized carbons (Fsp3) is 0.143. The second-order valence-electron chi connectivity index (χ2n) is 6.06. The van der Waals surface area contributed by atoms with Crippen LogP contribution >= 0.6 is 0 Å². The van der Waals surface area contributed by atoms with E-state index in [0.717, 1.165) is 23.4 Å². The number of carbonyl (C=O) groups excluding carboxylic acids is 1. The molecule has 1 heterocycles. The van der Waals surface area contributed by atoms with E-state index in [1.54, 1.807) is 32.5 Å². The number of rotatable bonds is 7. The van der Waals surface area contributed by atoms with Crippen molar-refractivity contribution in [2.24, 2.45) is 0 Å². The van der Waals surface area contributed by atoms with Crippen molar-refractivity contribution in [1.29, 1.82) is 0 Å². The molecule has 2 N–H and O–H groups in total. The lowest BCUT2D eigenvalue weighted by atomic mass is 10.2. The van der Waals surface area contributed by atoms with Crippen LogP contribution in [0, 0.1) is 11.6 Å². The molecular formula is C21H19F2N3O3. The predicted molar refractivity (Wildman–Crippen MR) is 105 cm³/mol. The number of ether oxygens (including phenoxy) is 2. The van der Waals surface area contributed by atoms with E-state index in [-0.39, 0.29) is 11.4 Å². The Balaban J connectivity index is 1.60. The van der Waals surface area contributed by atoms with Crippen LogP contribution in [0.1, 0.15) is 15.9 Å². The number of nitrogens with one attached hydrogen (secondary N) is 2. The standard InChI is InChI=1S/C21H19F2N3O3/c1-28-18-7-3-13(9-19(18)29-2)11-24-15-5-8-20(25-12-15)26-21(27)14-4-6-16(22)17(23)10-14/h3-10,12,24H,11H2,1-2H3,(H,25,26,27). The van der Waals surface area contributed by atoms with E-state index in [0.29, 0.717) is 18.0 Å². The molecule has 0 spiro atoms. The maximum absolute atomic E-state index is 13.3. The highest BCUT2D eigenvalue weighted by atomic mass is 19.2. The molecule has 0 aliphatic carbocycles. The summed E-state index contributed by atoms with van der Waals surface area (Å²) in [6, 6.07) is 11.9. The Morgan fingerprint density at radius 1 is 0.966 bits per heavy atom. The minimum Gasteiger partial charge on any atom is -0.493 e. The molecule has 2 aromatic carbocycles. The van der Waals surface area contributed by atoms with E-state index in [4.69, 9.17) is 9.47 Å². The summed E-state index contributed by atoms with van der Waals surface area (Å²) in [7, 11) is 3.15. The molecule has 3 rings (SSSR count). The van der Waals surface area contributed by atoms with Gasteiger partial charge in [0.15, 0.2) is 23.1 Å². The van der Waals surface area contributed by atoms with Crippen LogP contribution in [-0.2, 0) is 6.54 Å². The number of aromatic nitrogens is 1. The number of anilines is 2. The van der Waals surface area contributed by atoms with Gasteiger partial charge in [-0.15, -0.1) is 0 Å². The number of halogens is 2. The van der Waals surface area contributed by atoms with Crippen LogP contribution < -0.4 is 20.1 Å². The maximum Gasteiger partial charge on any atom is 0.256 e. The molecule has 6 nitrogen and oxygen atoms in total. The minimum absolute atomic E-state index is 0.00125. The first-order valence-corrected chi connectivity index (χ1v) is 8.67. The van der Waals surface area contributed by atoms with E-state index < -0.39 is 17.5 Å². The molecule has 3 aromatic rings. The van der Waals surface area contributed by atoms with Gasteiger partial charge in [0, 0.05) is 12.1 Å². The summed E-state index contributed by atoms with van der Waals surface area (Å²) in [6.45, 7) is 0.530. The van der Waals surface area contributed by atoms with Crippen molar-refractivity contribution >= 4 is 17.4 Å². The monoisotopic (exact) mass is 399 g/mol. The number of hydrogen-bond donors (Lipinski definition) is 2. The Morgan fingerprint density at radius 2 is 1.76 bits per heavy atom. The SMILES string of the molecule is COc1ccc(CNc2ccc(NC(=O)c3ccc(F)c(F)c3)nc2)cc1OC. The Labute approximate surface area is 166 Å². The van der Waals surface area contributed by atoms with Gasteiger partial charge < -0.3 is 20.1 Å². The van der Waals surface area contributed by atoms with Crippen LogP contribution in [0.4, 0.5) is 20.3 Å². The third kappa shape index (κ3) is 4.98. The Morgan fingerprint density at radius 3 is 2.41 bits per heavy atom. The highest BCUT2D eigenvalue weighted by molar-refractivity contribution is 6.03. The van der Waals surface area contributed by atoms with Crippen molar-refractivity contribution in [1.82, 2.24) is 4.98 Å². The van der Waals surface area contributed by atoms with Crippen molar-refractivity contribution in [2.75, 3.05) is 24.9 Å². The molecule has 0 unspecified atom stereocenters. The second-order valence-corrected chi connectivity index (χ2v) is 6.06. The quantitative estimate of drug-likeness (QED) is 0.622. The summed E-state index contributed by atoms with van der Waals surface area (Å²) >= 11 is 0. The van der Waals surface area contributed by atoms with Gasteiger partial charge in [-0.2, -0.15) is 0 Å². The molecule has 29 heavy (non-hydrogen) atoms. The van der Waals surface area contributed by atoms with E-state index >= 15 is 0 Å². The lowest BCUT2D eigenvalue weighted by Crippen LogP contribution is -2.13. The molecule has 0 bridgehead atoms. The number of benzene rings is 2. The summed E-state index contributed by atoms with van der Waals surface area (Å²) in [5.74, 6) is -1.09. The highest BCUT2D eigenvalue weighted by Crippen LogP contribution is 2.27. The number of hydrogen-bond acceptors (Lipinski definition) is 5. The number of pyridine rings is 1. The fourth-order valence-electron chi connectivity index (χ4n) is 2.59. The summed E-state index contributed by atoms with van der Waals surface area (Å²) in [6.07, 6.45) is 1.56. The van der Waals surface area contributed by atoms with Gasteiger partial charge in [-0.3, -0.25) is 4.79 Å². The summed E-state index contributed by atoms with van der Waals surface area (Å²) < 4.78 is 36.7. The molecule has 1 amide bonds. The lowest BCUT2D eigenvalue weighted by molar-refractivity contribution is 0.102. The Hall–Kier alpha value is -3.68. The molecule has 0 aliphatic heterocycles. The van der Waals surface area contributed by atoms with Gasteiger partial charge in [-0.25, -0.2) is 13.8 Å². The third-order valence-corrected chi connectivity index (χ3v) is 4.13. The molecule has 1 aromatic heterocycles. The maximum atomic E-state index is 13.3. The summed E-state index contributed by atoms with van der Waals surface area (Å²) in [5, 5.41) is 5.75. The molecule has 0 fully saturated rings. The highest BCUT2D eigenvalue weighted by Gasteiger charge is 2.10. The summed E-state index contributed by atoms with van der Waals surface area (Å²) in [4.78, 5) is 16.3. The molecular weight excluding hydrogens is 380 g/mol. The number of carbonyl (C=O) groups is 1. The molecule has 0 atom stereocenters.